The summed E-state index contributed by atoms with van der Waals surface area (Å²) >= 11 is 0. The van der Waals surface area contributed by atoms with Crippen LogP contribution in [0.2, 0.25) is 0 Å². The second-order valence-electron chi connectivity index (χ2n) is 5.78. The van der Waals surface area contributed by atoms with Crippen molar-refractivity contribution in [1.29, 1.82) is 0 Å². The number of nitrogens with zero attached hydrogens (tertiary/aromatic N) is 1. The minimum Gasteiger partial charge on any atom is -0.493 e. The van der Waals surface area contributed by atoms with Gasteiger partial charge in [0.2, 0.25) is 0 Å². The minimum atomic E-state index is -0.439. The molecule has 0 unspecified atom stereocenters. The molecule has 2 heterocycles. The first-order valence-corrected chi connectivity index (χ1v) is 7.67. The summed E-state index contributed by atoms with van der Waals surface area (Å²) in [5, 5.41) is 0. The summed E-state index contributed by atoms with van der Waals surface area (Å²) in [7, 11) is 4.22. The number of methoxy groups -OCH3 is 3. The fourth-order valence-corrected chi connectivity index (χ4v) is 3.44. The Kier molecular flexibility index (Phi) is 3.99. The Morgan fingerprint density at radius 1 is 1.21 bits per heavy atom. The Morgan fingerprint density at radius 2 is 1.92 bits per heavy atom. The number of carbonyl (C=O) groups excluding carboxylic acids is 1. The summed E-state index contributed by atoms with van der Waals surface area (Å²) < 4.78 is 32.3. The van der Waals surface area contributed by atoms with Gasteiger partial charge in [-0.3, -0.25) is 0 Å². The molecule has 0 spiro atoms. The number of fused-ring (bicyclic) bond motifs is 3. The van der Waals surface area contributed by atoms with Gasteiger partial charge in [0.15, 0.2) is 17.3 Å². The van der Waals surface area contributed by atoms with Crippen molar-refractivity contribution in [3.8, 4) is 22.8 Å². The van der Waals surface area contributed by atoms with Crippen molar-refractivity contribution in [3.05, 3.63) is 34.3 Å². The van der Waals surface area contributed by atoms with Crippen LogP contribution in [0.1, 0.15) is 27.2 Å². The zero-order valence-corrected chi connectivity index (χ0v) is 14.4. The van der Waals surface area contributed by atoms with Gasteiger partial charge in [-0.15, -0.1) is 0 Å². The van der Waals surface area contributed by atoms with Crippen molar-refractivity contribution >= 4 is 5.97 Å². The number of esters is 1. The van der Waals surface area contributed by atoms with Crippen molar-refractivity contribution in [3.63, 3.8) is 0 Å². The molecule has 0 saturated carbocycles. The first-order valence-electron chi connectivity index (χ1n) is 7.67. The van der Waals surface area contributed by atoms with E-state index in [1.165, 1.54) is 21.3 Å². The largest absolute Gasteiger partial charge is 0.493 e. The van der Waals surface area contributed by atoms with E-state index < -0.39 is 11.8 Å². The summed E-state index contributed by atoms with van der Waals surface area (Å²) in [6.07, 6.45) is 0.518. The van der Waals surface area contributed by atoms with Crippen molar-refractivity contribution in [2.45, 2.75) is 26.8 Å². The van der Waals surface area contributed by atoms with Crippen molar-refractivity contribution in [1.82, 2.24) is 4.57 Å². The number of ether oxygens (including phenoxy) is 3. The summed E-state index contributed by atoms with van der Waals surface area (Å²) in [5.74, 6) is -0.475. The molecule has 5 nitrogen and oxygen atoms in total. The fraction of sp³-hybridized carbons (Fsp3) is 0.389. The molecular formula is C18H20FNO4. The van der Waals surface area contributed by atoms with Gasteiger partial charge in [0.25, 0.3) is 0 Å². The van der Waals surface area contributed by atoms with Crippen LogP contribution < -0.4 is 9.47 Å². The maximum Gasteiger partial charge on any atom is 0.340 e. The van der Waals surface area contributed by atoms with E-state index in [0.29, 0.717) is 41.1 Å². The monoisotopic (exact) mass is 333 g/mol. The van der Waals surface area contributed by atoms with E-state index in [0.717, 1.165) is 11.3 Å². The molecule has 1 aromatic heterocycles. The molecule has 3 rings (SSSR count). The van der Waals surface area contributed by atoms with E-state index >= 15 is 0 Å². The highest BCUT2D eigenvalue weighted by molar-refractivity contribution is 5.99. The lowest BCUT2D eigenvalue weighted by Crippen LogP contribution is -2.16. The van der Waals surface area contributed by atoms with Crippen LogP contribution in [0.25, 0.3) is 11.3 Å². The number of hydrogen-bond donors (Lipinski definition) is 0. The van der Waals surface area contributed by atoms with Gasteiger partial charge in [0.1, 0.15) is 0 Å². The topological polar surface area (TPSA) is 49.7 Å². The van der Waals surface area contributed by atoms with Crippen LogP contribution in [0.4, 0.5) is 4.39 Å². The molecule has 0 aliphatic carbocycles. The first kappa shape index (κ1) is 16.4. The Bertz CT molecular complexity index is 839. The third kappa shape index (κ3) is 2.09. The van der Waals surface area contributed by atoms with Crippen LogP contribution in [0, 0.1) is 19.7 Å². The van der Waals surface area contributed by atoms with Gasteiger partial charge in [-0.2, -0.15) is 0 Å². The summed E-state index contributed by atoms with van der Waals surface area (Å²) in [5.41, 5.74) is 4.16. The predicted octanol–water partition coefficient (Wildman–Crippen LogP) is 3.27. The van der Waals surface area contributed by atoms with E-state index in [9.17, 15) is 9.18 Å². The van der Waals surface area contributed by atoms with Gasteiger partial charge >= 0.3 is 5.97 Å². The highest BCUT2D eigenvalue weighted by Crippen LogP contribution is 2.44. The van der Waals surface area contributed by atoms with Crippen LogP contribution >= 0.6 is 0 Å². The molecule has 1 aliphatic rings. The molecule has 0 atom stereocenters. The number of hydrogen-bond acceptors (Lipinski definition) is 4. The molecule has 6 heteroatoms. The number of halogens is 1. The van der Waals surface area contributed by atoms with Crippen molar-refractivity contribution < 1.29 is 23.4 Å². The number of aromatic nitrogens is 1. The van der Waals surface area contributed by atoms with Crippen LogP contribution in [0.15, 0.2) is 6.07 Å². The molecule has 24 heavy (non-hydrogen) atoms. The van der Waals surface area contributed by atoms with E-state index in [1.54, 1.807) is 6.07 Å². The Balaban J connectivity index is 2.38. The molecular weight excluding hydrogens is 313 g/mol. The van der Waals surface area contributed by atoms with Gasteiger partial charge in [0.05, 0.1) is 32.6 Å². The second-order valence-corrected chi connectivity index (χ2v) is 5.78. The van der Waals surface area contributed by atoms with Gasteiger partial charge < -0.3 is 18.8 Å². The third-order valence-electron chi connectivity index (χ3n) is 4.77. The molecule has 0 amide bonds. The molecule has 128 valence electrons. The third-order valence-corrected chi connectivity index (χ3v) is 4.77. The van der Waals surface area contributed by atoms with Gasteiger partial charge in [-0.05, 0) is 31.9 Å². The van der Waals surface area contributed by atoms with E-state index in [4.69, 9.17) is 14.2 Å². The van der Waals surface area contributed by atoms with Gasteiger partial charge in [0, 0.05) is 23.4 Å². The van der Waals surface area contributed by atoms with Crippen molar-refractivity contribution in [2.75, 3.05) is 21.3 Å². The Hall–Kier alpha value is -2.50. The van der Waals surface area contributed by atoms with Crippen molar-refractivity contribution in [2.24, 2.45) is 0 Å². The minimum absolute atomic E-state index is 0.0873. The molecule has 0 N–H and O–H groups in total. The summed E-state index contributed by atoms with van der Waals surface area (Å²) in [4.78, 5) is 12.3. The maximum absolute atomic E-state index is 14.9. The molecule has 2 aromatic rings. The quantitative estimate of drug-likeness (QED) is 0.809. The highest BCUT2D eigenvalue weighted by atomic mass is 19.1. The normalized spacial score (nSPS) is 12.4. The molecule has 0 saturated heterocycles. The molecule has 0 bridgehead atoms. The smallest absolute Gasteiger partial charge is 0.340 e. The summed E-state index contributed by atoms with van der Waals surface area (Å²) in [6.45, 7) is 4.43. The standard InChI is InChI=1S/C18H20FNO4/c1-9-10(2)20-7-6-11-12(16(20)14(9)18(21)24-5)8-13(22-3)17(23-4)15(11)19/h8H,6-7H2,1-5H3. The predicted molar refractivity (Wildman–Crippen MR) is 87.4 cm³/mol. The zero-order valence-electron chi connectivity index (χ0n) is 14.4. The second kappa shape index (κ2) is 5.85. The van der Waals surface area contributed by atoms with Gasteiger partial charge in [-0.25, -0.2) is 9.18 Å². The number of rotatable bonds is 3. The zero-order chi connectivity index (χ0) is 17.6. The number of carbonyl (C=O) groups is 1. The molecule has 0 fully saturated rings. The van der Waals surface area contributed by atoms with Crippen LogP contribution in [-0.2, 0) is 17.7 Å². The SMILES string of the molecule is COC(=O)c1c(C)c(C)n2c1-c1cc(OC)c(OC)c(F)c1CC2. The molecule has 1 aliphatic heterocycles. The molecule has 0 radical (unpaired) electrons. The lowest BCUT2D eigenvalue weighted by molar-refractivity contribution is 0.0601. The highest BCUT2D eigenvalue weighted by Gasteiger charge is 2.32. The Morgan fingerprint density at radius 3 is 2.50 bits per heavy atom. The van der Waals surface area contributed by atoms with E-state index in [1.807, 2.05) is 18.4 Å². The average molecular weight is 333 g/mol. The van der Waals surface area contributed by atoms with Crippen LogP contribution in [0.5, 0.6) is 11.5 Å². The average Bonchev–Trinajstić information content (AvgIpc) is 2.85. The summed E-state index contributed by atoms with van der Waals surface area (Å²) in [6, 6.07) is 1.73. The van der Waals surface area contributed by atoms with Crippen LogP contribution in [-0.4, -0.2) is 31.9 Å². The number of benzene rings is 1. The Labute approximate surface area is 139 Å². The van der Waals surface area contributed by atoms with E-state index in [2.05, 4.69) is 0 Å². The lowest BCUT2D eigenvalue weighted by atomic mass is 9.94. The first-order chi connectivity index (χ1) is 11.5. The maximum atomic E-state index is 14.9. The lowest BCUT2D eigenvalue weighted by Gasteiger charge is -2.24. The van der Waals surface area contributed by atoms with E-state index in [-0.39, 0.29) is 5.75 Å². The molecule has 1 aromatic carbocycles. The fourth-order valence-electron chi connectivity index (χ4n) is 3.44. The van der Waals surface area contributed by atoms with Gasteiger partial charge in [-0.1, -0.05) is 0 Å². The van der Waals surface area contributed by atoms with Crippen LogP contribution in [0.3, 0.4) is 0 Å².